The Morgan fingerprint density at radius 2 is 1.62 bits per heavy atom. The van der Waals surface area contributed by atoms with Crippen LogP contribution >= 0.6 is 0 Å². The minimum Gasteiger partial charge on any atom is -0.336 e. The zero-order chi connectivity index (χ0) is 20.1. The van der Waals surface area contributed by atoms with Gasteiger partial charge in [0.15, 0.2) is 0 Å². The number of carbonyl (C=O) groups is 2. The van der Waals surface area contributed by atoms with Crippen LogP contribution in [-0.4, -0.2) is 60.9 Å². The molecule has 0 spiro atoms. The maximum Gasteiger partial charge on any atom is 0.256 e. The molecule has 0 atom stereocenters. The van der Waals surface area contributed by atoms with Crippen molar-refractivity contribution in [3.8, 4) is 0 Å². The van der Waals surface area contributed by atoms with Crippen molar-refractivity contribution in [2.24, 2.45) is 0 Å². The van der Waals surface area contributed by atoms with Crippen molar-refractivity contribution in [1.82, 2.24) is 9.80 Å². The topological polar surface area (TPSA) is 43.9 Å². The molecule has 5 heteroatoms. The minimum atomic E-state index is 0.0276. The van der Waals surface area contributed by atoms with Gasteiger partial charge in [0.05, 0.1) is 11.3 Å². The quantitative estimate of drug-likeness (QED) is 0.788. The zero-order valence-corrected chi connectivity index (χ0v) is 16.7. The van der Waals surface area contributed by atoms with E-state index < -0.39 is 0 Å². The number of carbonyl (C=O) groups excluding carboxylic acids is 2. The molecule has 29 heavy (non-hydrogen) atoms. The predicted octanol–water partition coefficient (Wildman–Crippen LogP) is 3.28. The van der Waals surface area contributed by atoms with E-state index in [0.29, 0.717) is 31.6 Å². The first-order chi connectivity index (χ1) is 14.2. The SMILES string of the molecule is O=C(c1ccccc1N1CCCC1=O)N1CCN(C/C=C/c2ccccc2)CC1. The monoisotopic (exact) mass is 389 g/mol. The average molecular weight is 389 g/mol. The third-order valence-corrected chi connectivity index (χ3v) is 5.63. The highest BCUT2D eigenvalue weighted by atomic mass is 16.2. The van der Waals surface area contributed by atoms with Gasteiger partial charge in [-0.25, -0.2) is 0 Å². The van der Waals surface area contributed by atoms with Gasteiger partial charge in [0.25, 0.3) is 5.91 Å². The number of hydrogen-bond donors (Lipinski definition) is 0. The Kier molecular flexibility index (Phi) is 6.06. The van der Waals surface area contributed by atoms with Crippen LogP contribution < -0.4 is 4.90 Å². The molecule has 0 unspecified atom stereocenters. The number of nitrogens with zero attached hydrogens (tertiary/aromatic N) is 3. The van der Waals surface area contributed by atoms with Crippen LogP contribution in [0.2, 0.25) is 0 Å². The zero-order valence-electron chi connectivity index (χ0n) is 16.7. The van der Waals surface area contributed by atoms with Gasteiger partial charge in [0.2, 0.25) is 5.91 Å². The van der Waals surface area contributed by atoms with Crippen molar-refractivity contribution < 1.29 is 9.59 Å². The molecule has 150 valence electrons. The van der Waals surface area contributed by atoms with E-state index in [4.69, 9.17) is 0 Å². The molecule has 2 aromatic rings. The highest BCUT2D eigenvalue weighted by Gasteiger charge is 2.28. The lowest BCUT2D eigenvalue weighted by molar-refractivity contribution is -0.117. The van der Waals surface area contributed by atoms with E-state index in [2.05, 4.69) is 29.2 Å². The van der Waals surface area contributed by atoms with Crippen molar-refractivity contribution in [1.29, 1.82) is 0 Å². The molecule has 0 radical (unpaired) electrons. The van der Waals surface area contributed by atoms with Crippen molar-refractivity contribution >= 4 is 23.6 Å². The Balaban J connectivity index is 1.35. The van der Waals surface area contributed by atoms with Gasteiger partial charge in [-0.1, -0.05) is 54.6 Å². The van der Waals surface area contributed by atoms with E-state index in [0.717, 1.165) is 31.7 Å². The second kappa shape index (κ2) is 9.05. The maximum absolute atomic E-state index is 13.1. The summed E-state index contributed by atoms with van der Waals surface area (Å²) in [6.07, 6.45) is 5.75. The fraction of sp³-hybridized carbons (Fsp3) is 0.333. The smallest absolute Gasteiger partial charge is 0.256 e. The number of hydrogen-bond acceptors (Lipinski definition) is 3. The summed E-state index contributed by atoms with van der Waals surface area (Å²) >= 11 is 0. The molecule has 2 aliphatic rings. The first-order valence-electron chi connectivity index (χ1n) is 10.3. The molecule has 0 aromatic heterocycles. The van der Waals surface area contributed by atoms with Gasteiger partial charge >= 0.3 is 0 Å². The van der Waals surface area contributed by atoms with Gasteiger partial charge < -0.3 is 9.80 Å². The predicted molar refractivity (Wildman–Crippen MR) is 116 cm³/mol. The number of piperazine rings is 1. The molecule has 0 N–H and O–H groups in total. The van der Waals surface area contributed by atoms with Crippen LogP contribution in [0.5, 0.6) is 0 Å². The normalized spacial score (nSPS) is 18.0. The summed E-state index contributed by atoms with van der Waals surface area (Å²) in [5.74, 6) is 0.139. The van der Waals surface area contributed by atoms with Gasteiger partial charge in [-0.05, 0) is 24.1 Å². The molecule has 5 nitrogen and oxygen atoms in total. The molecular weight excluding hydrogens is 362 g/mol. The first-order valence-corrected chi connectivity index (χ1v) is 10.3. The Bertz CT molecular complexity index is 886. The molecule has 2 aromatic carbocycles. The molecule has 4 rings (SSSR count). The Labute approximate surface area is 172 Å². The number of rotatable bonds is 5. The summed E-state index contributed by atoms with van der Waals surface area (Å²) in [7, 11) is 0. The standard InChI is InChI=1S/C24H27N3O2/c28-23-13-7-15-27(23)22-12-5-4-11-21(22)24(29)26-18-16-25(17-19-26)14-6-10-20-8-2-1-3-9-20/h1-6,8-12H,7,13-19H2/b10-6+. The number of para-hydroxylation sites is 1. The summed E-state index contributed by atoms with van der Waals surface area (Å²) in [4.78, 5) is 31.3. The van der Waals surface area contributed by atoms with E-state index in [1.54, 1.807) is 4.90 Å². The van der Waals surface area contributed by atoms with Crippen LogP contribution in [0.15, 0.2) is 60.7 Å². The summed E-state index contributed by atoms with van der Waals surface area (Å²) in [6.45, 7) is 4.71. The van der Waals surface area contributed by atoms with Crippen molar-refractivity contribution in [3.63, 3.8) is 0 Å². The van der Waals surface area contributed by atoms with Crippen LogP contribution in [0.4, 0.5) is 5.69 Å². The molecule has 0 saturated carbocycles. The van der Waals surface area contributed by atoms with Gasteiger partial charge in [-0.3, -0.25) is 14.5 Å². The van der Waals surface area contributed by atoms with E-state index in [1.165, 1.54) is 5.56 Å². The first kappa shape index (κ1) is 19.4. The highest BCUT2D eigenvalue weighted by molar-refractivity contribution is 6.05. The van der Waals surface area contributed by atoms with Crippen LogP contribution in [0.1, 0.15) is 28.8 Å². The fourth-order valence-corrected chi connectivity index (χ4v) is 4.00. The van der Waals surface area contributed by atoms with Crippen molar-refractivity contribution in [3.05, 3.63) is 71.8 Å². The second-order valence-electron chi connectivity index (χ2n) is 7.57. The molecule has 2 aliphatic heterocycles. The van der Waals surface area contributed by atoms with Crippen LogP contribution in [-0.2, 0) is 4.79 Å². The molecule has 2 amide bonds. The van der Waals surface area contributed by atoms with Crippen LogP contribution in [0.3, 0.4) is 0 Å². The maximum atomic E-state index is 13.1. The van der Waals surface area contributed by atoms with Crippen LogP contribution in [0, 0.1) is 0 Å². The largest absolute Gasteiger partial charge is 0.336 e. The molecule has 0 aliphatic carbocycles. The van der Waals surface area contributed by atoms with Gasteiger partial charge in [0, 0.05) is 45.7 Å². The second-order valence-corrected chi connectivity index (χ2v) is 7.57. The van der Waals surface area contributed by atoms with Gasteiger partial charge in [-0.2, -0.15) is 0 Å². The summed E-state index contributed by atoms with van der Waals surface area (Å²) in [5.41, 5.74) is 2.60. The van der Waals surface area contributed by atoms with Gasteiger partial charge in [-0.15, -0.1) is 0 Å². The lowest BCUT2D eigenvalue weighted by atomic mass is 10.1. The van der Waals surface area contributed by atoms with Crippen molar-refractivity contribution in [2.75, 3.05) is 44.2 Å². The molecule has 2 heterocycles. The Morgan fingerprint density at radius 1 is 0.897 bits per heavy atom. The molecular formula is C24H27N3O2. The summed E-state index contributed by atoms with van der Waals surface area (Å²) in [6, 6.07) is 17.8. The Hall–Kier alpha value is -2.92. The summed E-state index contributed by atoms with van der Waals surface area (Å²) in [5, 5.41) is 0. The molecule has 0 bridgehead atoms. The Morgan fingerprint density at radius 3 is 2.34 bits per heavy atom. The number of anilines is 1. The summed E-state index contributed by atoms with van der Waals surface area (Å²) < 4.78 is 0. The number of amides is 2. The van der Waals surface area contributed by atoms with Crippen LogP contribution in [0.25, 0.3) is 6.08 Å². The fourth-order valence-electron chi connectivity index (χ4n) is 4.00. The highest BCUT2D eigenvalue weighted by Crippen LogP contribution is 2.26. The third-order valence-electron chi connectivity index (χ3n) is 5.63. The van der Waals surface area contributed by atoms with E-state index in [-0.39, 0.29) is 11.8 Å². The molecule has 2 fully saturated rings. The molecule has 2 saturated heterocycles. The lowest BCUT2D eigenvalue weighted by Gasteiger charge is -2.34. The van der Waals surface area contributed by atoms with Gasteiger partial charge in [0.1, 0.15) is 0 Å². The van der Waals surface area contributed by atoms with E-state index in [1.807, 2.05) is 47.4 Å². The number of benzene rings is 2. The van der Waals surface area contributed by atoms with Crippen molar-refractivity contribution in [2.45, 2.75) is 12.8 Å². The third kappa shape index (κ3) is 4.57. The average Bonchev–Trinajstić information content (AvgIpc) is 3.20. The van der Waals surface area contributed by atoms with E-state index in [9.17, 15) is 9.59 Å². The van der Waals surface area contributed by atoms with E-state index >= 15 is 0 Å². The lowest BCUT2D eigenvalue weighted by Crippen LogP contribution is -2.48. The minimum absolute atomic E-state index is 0.0276.